The number of carboxylic acid groups (broad SMARTS) is 1. The number of carboxylic acids is 1. The molecule has 0 spiro atoms. The van der Waals surface area contributed by atoms with Crippen LogP contribution in [0.2, 0.25) is 18.1 Å². The van der Waals surface area contributed by atoms with Crippen LogP contribution in [0.4, 0.5) is 4.79 Å². The topological polar surface area (TPSA) is 84.9 Å². The smallest absolute Gasteiger partial charge is 0.408 e. The van der Waals surface area contributed by atoms with Crippen molar-refractivity contribution in [2.24, 2.45) is 0 Å². The Morgan fingerprint density at radius 3 is 1.78 bits per heavy atom. The van der Waals surface area contributed by atoms with Gasteiger partial charge in [-0.1, -0.05) is 20.8 Å². The van der Waals surface area contributed by atoms with Gasteiger partial charge < -0.3 is 19.6 Å². The molecule has 0 aliphatic rings. The molecular weight excluding hydrogens is 314 g/mol. The van der Waals surface area contributed by atoms with Crippen molar-refractivity contribution in [3.8, 4) is 0 Å². The molecule has 2 N–H and O–H groups in total. The average Bonchev–Trinajstić information content (AvgIpc) is 2.22. The van der Waals surface area contributed by atoms with Gasteiger partial charge in [-0.25, -0.2) is 9.59 Å². The van der Waals surface area contributed by atoms with Crippen LogP contribution in [-0.4, -0.2) is 42.7 Å². The van der Waals surface area contributed by atoms with E-state index in [9.17, 15) is 14.7 Å². The normalized spacial score (nSPS) is 17.1. The van der Waals surface area contributed by atoms with Crippen LogP contribution >= 0.6 is 0 Å². The predicted molar refractivity (Wildman–Crippen MR) is 93.2 cm³/mol. The third-order valence-corrected chi connectivity index (χ3v) is 8.85. The third kappa shape index (κ3) is 6.14. The Morgan fingerprint density at radius 2 is 1.48 bits per heavy atom. The SMILES string of the molecule is C[C@H](O[Si](C)(C)C(C)(C)C)[C@@](C)(NC(=O)OC(C)(C)C)C(=O)O. The highest BCUT2D eigenvalue weighted by molar-refractivity contribution is 6.74. The first-order valence-corrected chi connectivity index (χ1v) is 10.8. The highest BCUT2D eigenvalue weighted by Gasteiger charge is 2.47. The Bertz CT molecular complexity index is 450. The molecule has 1 amide bonds. The fourth-order valence-corrected chi connectivity index (χ4v) is 3.05. The van der Waals surface area contributed by atoms with Crippen LogP contribution in [0, 0.1) is 0 Å². The molecule has 0 aromatic carbocycles. The number of aliphatic carboxylic acids is 1. The Labute approximate surface area is 141 Å². The minimum Gasteiger partial charge on any atom is -0.479 e. The number of alkyl carbamates (subject to hydrolysis) is 1. The summed E-state index contributed by atoms with van der Waals surface area (Å²) in [5, 5.41) is 12.0. The first-order chi connectivity index (χ1) is 9.92. The lowest BCUT2D eigenvalue weighted by Gasteiger charge is -2.42. The minimum absolute atomic E-state index is 0.0629. The van der Waals surface area contributed by atoms with Crippen molar-refractivity contribution in [2.45, 2.75) is 90.8 Å². The predicted octanol–water partition coefficient (Wildman–Crippen LogP) is 3.76. The number of carbonyl (C=O) groups is 2. The lowest BCUT2D eigenvalue weighted by atomic mass is 9.96. The van der Waals surface area contributed by atoms with Crippen LogP contribution < -0.4 is 5.32 Å². The van der Waals surface area contributed by atoms with Gasteiger partial charge in [0.2, 0.25) is 0 Å². The average molecular weight is 348 g/mol. The maximum Gasteiger partial charge on any atom is 0.408 e. The van der Waals surface area contributed by atoms with Crippen molar-refractivity contribution in [3.05, 3.63) is 0 Å². The Kier molecular flexibility index (Phi) is 6.49. The van der Waals surface area contributed by atoms with Gasteiger partial charge in [0.05, 0.1) is 6.10 Å². The van der Waals surface area contributed by atoms with E-state index in [1.165, 1.54) is 6.92 Å². The lowest BCUT2D eigenvalue weighted by Crippen LogP contribution is -2.62. The number of rotatable bonds is 5. The van der Waals surface area contributed by atoms with Gasteiger partial charge in [-0.15, -0.1) is 0 Å². The van der Waals surface area contributed by atoms with E-state index in [4.69, 9.17) is 9.16 Å². The van der Waals surface area contributed by atoms with Crippen LogP contribution in [0.3, 0.4) is 0 Å². The number of hydrogen-bond donors (Lipinski definition) is 2. The van der Waals surface area contributed by atoms with E-state index in [0.29, 0.717) is 0 Å². The van der Waals surface area contributed by atoms with E-state index in [-0.39, 0.29) is 5.04 Å². The maximum atomic E-state index is 12.0. The molecule has 0 saturated carbocycles. The van der Waals surface area contributed by atoms with Crippen molar-refractivity contribution in [1.82, 2.24) is 5.32 Å². The summed E-state index contributed by atoms with van der Waals surface area (Å²) in [5.74, 6) is -1.16. The van der Waals surface area contributed by atoms with Gasteiger partial charge in [0.1, 0.15) is 5.60 Å². The van der Waals surface area contributed by atoms with Crippen LogP contribution in [0.15, 0.2) is 0 Å². The minimum atomic E-state index is -2.18. The van der Waals surface area contributed by atoms with E-state index in [0.717, 1.165) is 0 Å². The zero-order chi connectivity index (χ0) is 18.9. The highest BCUT2D eigenvalue weighted by atomic mass is 28.4. The Morgan fingerprint density at radius 1 is 1.04 bits per heavy atom. The number of nitrogens with one attached hydrogen (secondary N) is 1. The number of amides is 1. The van der Waals surface area contributed by atoms with Gasteiger partial charge in [-0.3, -0.25) is 0 Å². The van der Waals surface area contributed by atoms with Gasteiger partial charge in [-0.05, 0) is 52.8 Å². The van der Waals surface area contributed by atoms with E-state index >= 15 is 0 Å². The summed E-state index contributed by atoms with van der Waals surface area (Å²) in [6, 6.07) is 0. The van der Waals surface area contributed by atoms with E-state index in [1.807, 2.05) is 13.1 Å². The van der Waals surface area contributed by atoms with E-state index < -0.39 is 37.6 Å². The molecule has 0 aromatic heterocycles. The van der Waals surface area contributed by atoms with Gasteiger partial charge in [-0.2, -0.15) is 0 Å². The molecule has 6 nitrogen and oxygen atoms in total. The second-order valence-corrected chi connectivity index (χ2v) is 13.4. The third-order valence-electron chi connectivity index (χ3n) is 4.30. The Hall–Kier alpha value is -1.08. The zero-order valence-electron chi connectivity index (χ0n) is 16.2. The Balaban J connectivity index is 5.30. The molecule has 2 atom stereocenters. The molecule has 0 fully saturated rings. The summed E-state index contributed by atoms with van der Waals surface area (Å²) < 4.78 is 11.3. The molecule has 0 aliphatic heterocycles. The molecule has 0 bridgehead atoms. The molecular formula is C16H33NO5Si. The van der Waals surface area contributed by atoms with Crippen molar-refractivity contribution in [3.63, 3.8) is 0 Å². The number of ether oxygens (including phenoxy) is 1. The van der Waals surface area contributed by atoms with Crippen LogP contribution in [0.1, 0.15) is 55.4 Å². The molecule has 7 heteroatoms. The van der Waals surface area contributed by atoms with Gasteiger partial charge in [0.15, 0.2) is 13.9 Å². The van der Waals surface area contributed by atoms with Crippen molar-refractivity contribution < 1.29 is 23.9 Å². The quantitative estimate of drug-likeness (QED) is 0.740. The summed E-state index contributed by atoms with van der Waals surface area (Å²) >= 11 is 0. The summed E-state index contributed by atoms with van der Waals surface area (Å²) in [7, 11) is -2.18. The fourth-order valence-electron chi connectivity index (χ4n) is 1.58. The standard InChI is InChI=1S/C16H33NO5Si/c1-11(22-23(9,10)15(5,6)7)16(8,12(18)19)17-13(20)21-14(2,3)4/h11H,1-10H3,(H,17,20)(H,18,19)/t11-,16+/m0/s1. The maximum absolute atomic E-state index is 12.0. The highest BCUT2D eigenvalue weighted by Crippen LogP contribution is 2.38. The van der Waals surface area contributed by atoms with Crippen LogP contribution in [-0.2, 0) is 14.0 Å². The fraction of sp³-hybridized carbons (Fsp3) is 0.875. The first kappa shape index (κ1) is 21.9. The summed E-state index contributed by atoms with van der Waals surface area (Å²) in [6.07, 6.45) is -1.47. The first-order valence-electron chi connectivity index (χ1n) is 7.85. The molecule has 0 saturated heterocycles. The van der Waals surface area contributed by atoms with E-state index in [2.05, 4.69) is 26.1 Å². The zero-order valence-corrected chi connectivity index (χ0v) is 17.2. The second kappa shape index (κ2) is 6.81. The van der Waals surface area contributed by atoms with Crippen LogP contribution in [0.5, 0.6) is 0 Å². The molecule has 0 aliphatic carbocycles. The van der Waals surface area contributed by atoms with E-state index in [1.54, 1.807) is 27.7 Å². The molecule has 136 valence electrons. The molecule has 0 heterocycles. The monoisotopic (exact) mass is 347 g/mol. The molecule has 23 heavy (non-hydrogen) atoms. The lowest BCUT2D eigenvalue weighted by molar-refractivity contribution is -0.148. The second-order valence-electron chi connectivity index (χ2n) is 8.65. The van der Waals surface area contributed by atoms with Crippen LogP contribution in [0.25, 0.3) is 0 Å². The summed E-state index contributed by atoms with van der Waals surface area (Å²) in [4.78, 5) is 23.8. The van der Waals surface area contributed by atoms with Gasteiger partial charge >= 0.3 is 12.1 Å². The summed E-state index contributed by atoms with van der Waals surface area (Å²) in [5.41, 5.74) is -2.27. The van der Waals surface area contributed by atoms with Gasteiger partial charge in [0.25, 0.3) is 0 Å². The van der Waals surface area contributed by atoms with Crippen molar-refractivity contribution in [1.29, 1.82) is 0 Å². The molecule has 0 radical (unpaired) electrons. The molecule has 0 unspecified atom stereocenters. The molecule has 0 rings (SSSR count). The van der Waals surface area contributed by atoms with Crippen molar-refractivity contribution >= 4 is 20.4 Å². The summed E-state index contributed by atoms with van der Waals surface area (Å²) in [6.45, 7) is 18.6. The van der Waals surface area contributed by atoms with Crippen molar-refractivity contribution in [2.75, 3.05) is 0 Å². The largest absolute Gasteiger partial charge is 0.479 e. The van der Waals surface area contributed by atoms with Gasteiger partial charge in [0, 0.05) is 0 Å². The number of hydrogen-bond acceptors (Lipinski definition) is 4. The number of carbonyl (C=O) groups excluding carboxylic acids is 1. The molecule has 0 aromatic rings.